The topological polar surface area (TPSA) is 141 Å². The molecule has 3 N–H and O–H groups in total. The number of para-hydroxylation sites is 1. The van der Waals surface area contributed by atoms with Gasteiger partial charge in [-0.15, -0.1) is 4.40 Å². The van der Waals surface area contributed by atoms with Gasteiger partial charge in [-0.1, -0.05) is 57.2 Å². The van der Waals surface area contributed by atoms with E-state index in [2.05, 4.69) is 19.4 Å². The summed E-state index contributed by atoms with van der Waals surface area (Å²) in [5.41, 5.74) is 0.482. The predicted molar refractivity (Wildman–Crippen MR) is 128 cm³/mol. The average Bonchev–Trinajstić information content (AvgIpc) is 3.00. The highest BCUT2D eigenvalue weighted by atomic mass is 32.2. The Morgan fingerprint density at radius 2 is 1.73 bits per heavy atom. The van der Waals surface area contributed by atoms with Crippen molar-refractivity contribution in [1.29, 1.82) is 0 Å². The van der Waals surface area contributed by atoms with Gasteiger partial charge < -0.3 is 10.4 Å². The maximum atomic E-state index is 12.5. The van der Waals surface area contributed by atoms with Crippen LogP contribution in [0.5, 0.6) is 5.75 Å². The standard InChI is InChI=1S/C21H27N5O5S2/c1-21(2,3)18(14-10-7-6-8-11-14)23-20-19(24-33(30,31)25-20)22-15-12-9-13-16(17(15)27)32(28,29)26(4)5/h6-13,18,27H,1-5H3,(H,22,24)(H,23,25)/t18-/m0/s1. The second-order valence-corrected chi connectivity index (χ2v) is 12.2. The minimum absolute atomic E-state index is 0.0321. The van der Waals surface area contributed by atoms with Crippen LogP contribution < -0.4 is 10.0 Å². The van der Waals surface area contributed by atoms with E-state index >= 15 is 0 Å². The van der Waals surface area contributed by atoms with Gasteiger partial charge in [0, 0.05) is 14.1 Å². The monoisotopic (exact) mass is 493 g/mol. The van der Waals surface area contributed by atoms with Gasteiger partial charge in [0.1, 0.15) is 4.90 Å². The van der Waals surface area contributed by atoms with Gasteiger partial charge in [-0.25, -0.2) is 17.4 Å². The highest BCUT2D eigenvalue weighted by Gasteiger charge is 2.33. The molecule has 0 amide bonds. The van der Waals surface area contributed by atoms with E-state index in [0.29, 0.717) is 0 Å². The van der Waals surface area contributed by atoms with Gasteiger partial charge in [0.25, 0.3) is 0 Å². The number of sulfonamides is 1. The number of aliphatic imine (C=N–C) groups is 1. The quantitative estimate of drug-likeness (QED) is 0.547. The number of amidine groups is 2. The van der Waals surface area contributed by atoms with E-state index in [0.717, 1.165) is 9.87 Å². The molecule has 0 fully saturated rings. The Bertz CT molecular complexity index is 1310. The van der Waals surface area contributed by atoms with Gasteiger partial charge in [0.15, 0.2) is 17.4 Å². The molecule has 10 nitrogen and oxygen atoms in total. The van der Waals surface area contributed by atoms with Crippen LogP contribution >= 0.6 is 0 Å². The Morgan fingerprint density at radius 3 is 2.30 bits per heavy atom. The molecule has 0 unspecified atom stereocenters. The molecule has 0 bridgehead atoms. The van der Waals surface area contributed by atoms with E-state index in [-0.39, 0.29) is 27.7 Å². The molecule has 0 saturated heterocycles. The van der Waals surface area contributed by atoms with Gasteiger partial charge >= 0.3 is 10.2 Å². The fourth-order valence-corrected chi connectivity index (χ4v) is 5.02. The van der Waals surface area contributed by atoms with Crippen molar-refractivity contribution in [1.82, 2.24) is 9.03 Å². The number of anilines is 1. The van der Waals surface area contributed by atoms with E-state index < -0.39 is 32.0 Å². The Labute approximate surface area is 194 Å². The Morgan fingerprint density at radius 1 is 1.09 bits per heavy atom. The number of hydrogen-bond acceptors (Lipinski definition) is 7. The number of benzene rings is 2. The van der Waals surface area contributed by atoms with Crippen LogP contribution in [0.3, 0.4) is 0 Å². The lowest BCUT2D eigenvalue weighted by Gasteiger charge is -2.28. The Hall–Kier alpha value is -2.96. The summed E-state index contributed by atoms with van der Waals surface area (Å²) in [6.07, 6.45) is 0. The maximum Gasteiger partial charge on any atom is 0.345 e. The molecule has 0 aromatic heterocycles. The minimum Gasteiger partial charge on any atom is -0.504 e. The first kappa shape index (κ1) is 24.7. The first-order chi connectivity index (χ1) is 15.2. The largest absolute Gasteiger partial charge is 0.504 e. The van der Waals surface area contributed by atoms with Gasteiger partial charge in [0.2, 0.25) is 10.0 Å². The molecule has 2 aromatic carbocycles. The number of nitrogens with one attached hydrogen (secondary N) is 2. The van der Waals surface area contributed by atoms with E-state index in [4.69, 9.17) is 0 Å². The Balaban J connectivity index is 2.06. The summed E-state index contributed by atoms with van der Waals surface area (Å²) in [7, 11) is -5.32. The summed E-state index contributed by atoms with van der Waals surface area (Å²) >= 11 is 0. The fraction of sp³-hybridized carbons (Fsp3) is 0.333. The lowest BCUT2D eigenvalue weighted by atomic mass is 9.83. The molecule has 1 aliphatic rings. The summed E-state index contributed by atoms with van der Waals surface area (Å²) < 4.78 is 56.4. The summed E-state index contributed by atoms with van der Waals surface area (Å²) in [5, 5.41) is 13.3. The molecular formula is C21H27N5O5S2. The van der Waals surface area contributed by atoms with Crippen LogP contribution in [-0.4, -0.2) is 52.0 Å². The first-order valence-corrected chi connectivity index (χ1v) is 12.9. The molecule has 0 saturated carbocycles. The Kier molecular flexibility index (Phi) is 6.55. The minimum atomic E-state index is -4.07. The molecule has 0 spiro atoms. The van der Waals surface area contributed by atoms with Crippen molar-refractivity contribution < 1.29 is 21.9 Å². The number of nitrogens with zero attached hydrogens (tertiary/aromatic N) is 3. The molecule has 3 rings (SSSR count). The average molecular weight is 494 g/mol. The molecule has 0 radical (unpaired) electrons. The molecule has 0 aliphatic carbocycles. The van der Waals surface area contributed by atoms with Crippen molar-refractivity contribution in [2.75, 3.05) is 19.4 Å². The molecule has 1 atom stereocenters. The molecule has 178 valence electrons. The zero-order valence-corrected chi connectivity index (χ0v) is 20.6. The maximum absolute atomic E-state index is 12.5. The van der Waals surface area contributed by atoms with E-state index in [9.17, 15) is 21.9 Å². The molecule has 33 heavy (non-hydrogen) atoms. The van der Waals surface area contributed by atoms with Gasteiger partial charge in [-0.3, -0.25) is 4.99 Å². The van der Waals surface area contributed by atoms with Crippen LogP contribution in [0, 0.1) is 5.41 Å². The van der Waals surface area contributed by atoms with E-state index in [1.54, 1.807) is 0 Å². The lowest BCUT2D eigenvalue weighted by Crippen LogP contribution is -2.32. The number of phenols is 1. The predicted octanol–water partition coefficient (Wildman–Crippen LogP) is 2.49. The third-order valence-electron chi connectivity index (χ3n) is 4.87. The van der Waals surface area contributed by atoms with Crippen molar-refractivity contribution in [3.63, 3.8) is 0 Å². The highest BCUT2D eigenvalue weighted by Crippen LogP contribution is 2.37. The molecule has 2 aromatic rings. The second kappa shape index (κ2) is 8.76. The molecular weight excluding hydrogens is 466 g/mol. The zero-order chi connectivity index (χ0) is 24.6. The van der Waals surface area contributed by atoms with Crippen molar-refractivity contribution in [2.45, 2.75) is 31.7 Å². The fourth-order valence-electron chi connectivity index (χ4n) is 3.21. The van der Waals surface area contributed by atoms with Crippen LogP contribution in [0.2, 0.25) is 0 Å². The van der Waals surface area contributed by atoms with Crippen molar-refractivity contribution in [2.24, 2.45) is 14.8 Å². The first-order valence-electron chi connectivity index (χ1n) is 10.00. The summed E-state index contributed by atoms with van der Waals surface area (Å²) in [6, 6.07) is 13.1. The van der Waals surface area contributed by atoms with Crippen molar-refractivity contribution in [3.05, 3.63) is 54.1 Å². The molecule has 12 heteroatoms. The van der Waals surface area contributed by atoms with Crippen molar-refractivity contribution >= 4 is 37.6 Å². The lowest BCUT2D eigenvalue weighted by molar-refractivity contribution is 0.329. The summed E-state index contributed by atoms with van der Waals surface area (Å²) in [5.74, 6) is -0.762. The van der Waals surface area contributed by atoms with E-state index in [1.807, 2.05) is 51.1 Å². The third kappa shape index (κ3) is 5.34. The summed E-state index contributed by atoms with van der Waals surface area (Å²) in [6.45, 7) is 5.93. The van der Waals surface area contributed by atoms with E-state index in [1.165, 1.54) is 32.3 Å². The van der Waals surface area contributed by atoms with Crippen LogP contribution in [0.15, 0.2) is 62.8 Å². The zero-order valence-electron chi connectivity index (χ0n) is 18.9. The number of hydrogen-bond donors (Lipinski definition) is 3. The van der Waals surface area contributed by atoms with Crippen LogP contribution in [-0.2, 0) is 20.2 Å². The number of rotatable bonds is 5. The van der Waals surface area contributed by atoms with Crippen molar-refractivity contribution in [3.8, 4) is 5.75 Å². The normalized spacial score (nSPS) is 18.1. The SMILES string of the molecule is CN(C)S(=O)(=O)c1cccc(NC2=NS(=O)(=O)NC2=N[C@@H](c2ccccc2)C(C)(C)C)c1O. The smallest absolute Gasteiger partial charge is 0.345 e. The van der Waals surface area contributed by atoms with Crippen LogP contribution in [0.4, 0.5) is 5.69 Å². The number of aromatic hydroxyl groups is 1. The highest BCUT2D eigenvalue weighted by molar-refractivity contribution is 7.89. The van der Waals surface area contributed by atoms with Gasteiger partial charge in [0.05, 0.1) is 11.7 Å². The van der Waals surface area contributed by atoms with Crippen LogP contribution in [0.1, 0.15) is 32.4 Å². The molecule has 1 aliphatic heterocycles. The number of phenolic OH excluding ortho intramolecular Hbond substituents is 1. The summed E-state index contributed by atoms with van der Waals surface area (Å²) in [4.78, 5) is 4.31. The molecule has 1 heterocycles. The van der Waals surface area contributed by atoms with Gasteiger partial charge in [-0.05, 0) is 23.1 Å². The van der Waals surface area contributed by atoms with Gasteiger partial charge in [-0.2, -0.15) is 8.42 Å². The van der Waals surface area contributed by atoms with Crippen LogP contribution in [0.25, 0.3) is 0 Å². The second-order valence-electron chi connectivity index (χ2n) is 8.74. The third-order valence-corrected chi connectivity index (χ3v) is 7.59.